The van der Waals surface area contributed by atoms with Crippen LogP contribution < -0.4 is 24.8 Å². The summed E-state index contributed by atoms with van der Waals surface area (Å²) in [5.41, 5.74) is 13.6. The Morgan fingerprint density at radius 3 is 1.26 bits per heavy atom. The second kappa shape index (κ2) is 11.6. The van der Waals surface area contributed by atoms with Gasteiger partial charge >= 0.3 is 232 Å². The first-order valence-corrected chi connectivity index (χ1v) is 21.3. The van der Waals surface area contributed by atoms with Gasteiger partial charge in [-0.15, -0.1) is 0 Å². The standard InChI is InChI=1S/2C16H19.C4H8.2ClH.Zr/c2*1-12-10-14-8-5-9-15(16(14)11-12)13-6-3-2-4-7-13;1-3-4-2;;;/h2*5,8-11,13H,2-4,6-7H2,1H3;3-4H,1-2H3;2*1H;/q;;;;;+2/p-2. The van der Waals surface area contributed by atoms with Gasteiger partial charge in [0.2, 0.25) is 0 Å². The van der Waals surface area contributed by atoms with Gasteiger partial charge in [0.05, 0.1) is 0 Å². The molecule has 4 atom stereocenters. The number of halogens is 2. The maximum atomic E-state index is 2.67. The Bertz CT molecular complexity index is 1180. The third-order valence-electron chi connectivity index (χ3n) is 11.9. The van der Waals surface area contributed by atoms with Gasteiger partial charge < -0.3 is 24.8 Å². The van der Waals surface area contributed by atoms with Gasteiger partial charge in [0.1, 0.15) is 0 Å². The fourth-order valence-corrected chi connectivity index (χ4v) is 31.2. The van der Waals surface area contributed by atoms with Crippen molar-refractivity contribution in [1.29, 1.82) is 0 Å². The minimum atomic E-state index is -2.73. The molecule has 1 heterocycles. The maximum Gasteiger partial charge on any atom is -1.00 e. The molecule has 5 aliphatic rings. The zero-order valence-corrected chi connectivity index (χ0v) is 28.4. The zero-order valence-electron chi connectivity index (χ0n) is 24.4. The summed E-state index contributed by atoms with van der Waals surface area (Å²) in [7, 11) is 0. The van der Waals surface area contributed by atoms with E-state index < -0.39 is 20.3 Å². The molecular weight excluding hydrogens is 595 g/mol. The van der Waals surface area contributed by atoms with Crippen molar-refractivity contribution in [3.05, 3.63) is 80.9 Å². The fourth-order valence-electron chi connectivity index (χ4n) is 10.1. The Morgan fingerprint density at radius 2 is 0.897 bits per heavy atom. The van der Waals surface area contributed by atoms with E-state index in [4.69, 9.17) is 0 Å². The van der Waals surface area contributed by atoms with Crippen LogP contribution in [-0.2, 0) is 20.3 Å². The number of allylic oxidation sites excluding steroid dienone is 2. The van der Waals surface area contributed by atoms with Crippen molar-refractivity contribution < 1.29 is 45.1 Å². The Labute approximate surface area is 254 Å². The van der Waals surface area contributed by atoms with E-state index in [-0.39, 0.29) is 24.8 Å². The van der Waals surface area contributed by atoms with Crippen LogP contribution in [0.1, 0.15) is 144 Å². The first-order chi connectivity index (χ1) is 18.0. The zero-order chi connectivity index (χ0) is 25.3. The van der Waals surface area contributed by atoms with E-state index in [1.54, 1.807) is 44.5 Å². The average Bonchev–Trinajstić information content (AvgIpc) is 3.21. The van der Waals surface area contributed by atoms with E-state index in [0.717, 1.165) is 26.3 Å². The first-order valence-electron chi connectivity index (χ1n) is 15.7. The molecule has 39 heavy (non-hydrogen) atoms. The van der Waals surface area contributed by atoms with Crippen molar-refractivity contribution in [3.63, 3.8) is 0 Å². The number of hydrogen-bond acceptors (Lipinski definition) is 0. The molecule has 4 aliphatic carbocycles. The van der Waals surface area contributed by atoms with E-state index in [2.05, 4.69) is 76.2 Å². The minimum absolute atomic E-state index is 0. The van der Waals surface area contributed by atoms with Crippen molar-refractivity contribution in [3.8, 4) is 0 Å². The molecule has 2 aromatic rings. The molecule has 0 spiro atoms. The second-order valence-corrected chi connectivity index (χ2v) is 25.8. The van der Waals surface area contributed by atoms with Crippen molar-refractivity contribution in [2.75, 3.05) is 0 Å². The summed E-state index contributed by atoms with van der Waals surface area (Å²) in [4.78, 5) is 0. The third kappa shape index (κ3) is 4.55. The molecule has 7 rings (SSSR count). The molecule has 0 aromatic heterocycles. The van der Waals surface area contributed by atoms with Crippen LogP contribution in [0.15, 0.2) is 47.5 Å². The molecule has 0 radical (unpaired) electrons. The van der Waals surface area contributed by atoms with Crippen LogP contribution >= 0.6 is 0 Å². The van der Waals surface area contributed by atoms with Crippen LogP contribution in [0.4, 0.5) is 0 Å². The molecule has 4 unspecified atom stereocenters. The summed E-state index contributed by atoms with van der Waals surface area (Å²) in [5, 5.41) is 0. The van der Waals surface area contributed by atoms with Crippen molar-refractivity contribution in [2.24, 2.45) is 0 Å². The van der Waals surface area contributed by atoms with Gasteiger partial charge in [-0.25, -0.2) is 0 Å². The van der Waals surface area contributed by atoms with E-state index in [9.17, 15) is 0 Å². The number of rotatable bonds is 4. The van der Waals surface area contributed by atoms with E-state index in [1.807, 2.05) is 0 Å². The van der Waals surface area contributed by atoms with E-state index in [1.165, 1.54) is 64.2 Å². The number of hydrogen-bond donors (Lipinski definition) is 0. The molecule has 3 heteroatoms. The molecule has 1 saturated heterocycles. The summed E-state index contributed by atoms with van der Waals surface area (Å²) in [6.07, 6.45) is 19.5. The molecule has 208 valence electrons. The molecule has 2 aromatic carbocycles. The molecule has 3 fully saturated rings. The largest absolute Gasteiger partial charge is 1.00 e. The van der Waals surface area contributed by atoms with Crippen LogP contribution in [0, 0.1) is 0 Å². The molecule has 0 nitrogen and oxygen atoms in total. The SMILES string of the molecule is CC1=Cc2c(C3CCCCC3)cccc2[CH]1[Zr+2]1([CH]2C(C)=Cc3c(C4CCCCC4)cccc32)[CH](C)[CH]1C.[Cl-].[Cl-]. The molecule has 0 amide bonds. The van der Waals surface area contributed by atoms with Gasteiger partial charge in [-0.05, 0) is 0 Å². The van der Waals surface area contributed by atoms with Gasteiger partial charge in [0.25, 0.3) is 0 Å². The predicted molar refractivity (Wildman–Crippen MR) is 156 cm³/mol. The summed E-state index contributed by atoms with van der Waals surface area (Å²) in [6, 6.07) is 15.0. The first kappa shape index (κ1) is 29.9. The Morgan fingerprint density at radius 1 is 0.538 bits per heavy atom. The number of fused-ring (bicyclic) bond motifs is 2. The average molecular weight is 641 g/mol. The second-order valence-electron chi connectivity index (χ2n) is 13.6. The fraction of sp³-hybridized carbons (Fsp3) is 0.556. The monoisotopic (exact) mass is 638 g/mol. The van der Waals surface area contributed by atoms with Crippen LogP contribution in [0.25, 0.3) is 12.2 Å². The molecule has 1 aliphatic heterocycles. The van der Waals surface area contributed by atoms with Gasteiger partial charge in [0.15, 0.2) is 0 Å². The Kier molecular flexibility index (Phi) is 8.86. The van der Waals surface area contributed by atoms with Gasteiger partial charge in [-0.1, -0.05) is 0 Å². The topological polar surface area (TPSA) is 0 Å². The summed E-state index contributed by atoms with van der Waals surface area (Å²) in [5.74, 6) is 1.58. The van der Waals surface area contributed by atoms with E-state index >= 15 is 0 Å². The van der Waals surface area contributed by atoms with E-state index in [0.29, 0.717) is 0 Å². The Hall–Kier alpha value is -0.617. The maximum absolute atomic E-state index is 2.73. The van der Waals surface area contributed by atoms with Crippen LogP contribution in [0.5, 0.6) is 0 Å². The molecular formula is C36H46Cl2Zr. The summed E-state index contributed by atoms with van der Waals surface area (Å²) >= 11 is -2.73. The van der Waals surface area contributed by atoms with Crippen LogP contribution in [-0.4, -0.2) is 0 Å². The normalized spacial score (nSPS) is 30.3. The van der Waals surface area contributed by atoms with Gasteiger partial charge in [0, 0.05) is 0 Å². The smallest absolute Gasteiger partial charge is 1.00 e. The minimum Gasteiger partial charge on any atom is -1.00 e. The number of benzene rings is 2. The summed E-state index contributed by atoms with van der Waals surface area (Å²) < 4.78 is 3.42. The molecule has 0 bridgehead atoms. The summed E-state index contributed by atoms with van der Waals surface area (Å²) in [6.45, 7) is 10.3. The third-order valence-corrected chi connectivity index (χ3v) is 29.9. The van der Waals surface area contributed by atoms with Gasteiger partial charge in [-0.3, -0.25) is 0 Å². The van der Waals surface area contributed by atoms with Crippen molar-refractivity contribution >= 4 is 12.2 Å². The van der Waals surface area contributed by atoms with Crippen LogP contribution in [0.2, 0.25) is 7.25 Å². The Balaban J connectivity index is 0.00000154. The quantitative estimate of drug-likeness (QED) is 0.432. The molecule has 0 N–H and O–H groups in total. The van der Waals surface area contributed by atoms with Crippen molar-refractivity contribution in [1.82, 2.24) is 0 Å². The molecule has 2 saturated carbocycles. The predicted octanol–water partition coefficient (Wildman–Crippen LogP) is 5.19. The van der Waals surface area contributed by atoms with Crippen LogP contribution in [0.3, 0.4) is 0 Å². The van der Waals surface area contributed by atoms with Crippen molar-refractivity contribution in [2.45, 2.75) is 118 Å². The van der Waals surface area contributed by atoms with Gasteiger partial charge in [-0.2, -0.15) is 0 Å².